The lowest BCUT2D eigenvalue weighted by Gasteiger charge is -2.16. The summed E-state index contributed by atoms with van der Waals surface area (Å²) in [5.74, 6) is 0. The molecule has 2 nitrogen and oxygen atoms in total. The Labute approximate surface area is 74.8 Å². The Bertz CT molecular complexity index is 155. The molecular formula is C10H18N2. The van der Waals surface area contributed by atoms with Gasteiger partial charge in [-0.05, 0) is 19.8 Å². The van der Waals surface area contributed by atoms with Gasteiger partial charge in [0.25, 0.3) is 0 Å². The summed E-state index contributed by atoms with van der Waals surface area (Å²) in [7, 11) is 0. The van der Waals surface area contributed by atoms with Crippen LogP contribution in [0.2, 0.25) is 0 Å². The van der Waals surface area contributed by atoms with Gasteiger partial charge in [-0.1, -0.05) is 19.3 Å². The van der Waals surface area contributed by atoms with Gasteiger partial charge in [-0.3, -0.25) is 9.98 Å². The van der Waals surface area contributed by atoms with Gasteiger partial charge in [0.15, 0.2) is 0 Å². The average molecular weight is 166 g/mol. The lowest BCUT2D eigenvalue weighted by Crippen LogP contribution is -2.09. The van der Waals surface area contributed by atoms with Gasteiger partial charge in [0.1, 0.15) is 0 Å². The Hall–Kier alpha value is -0.660. The second kappa shape index (κ2) is 5.92. The smallest absolute Gasteiger partial charge is 0.0500 e. The third kappa shape index (κ3) is 3.65. The van der Waals surface area contributed by atoms with Crippen LogP contribution >= 0.6 is 0 Å². The molecule has 12 heavy (non-hydrogen) atoms. The fourth-order valence-electron chi connectivity index (χ4n) is 1.54. The first-order valence-corrected chi connectivity index (χ1v) is 4.95. The van der Waals surface area contributed by atoms with Crippen LogP contribution in [0.4, 0.5) is 0 Å². The van der Waals surface area contributed by atoms with Crippen LogP contribution in [0, 0.1) is 0 Å². The summed E-state index contributed by atoms with van der Waals surface area (Å²) < 4.78 is 0. The molecule has 0 aromatic heterocycles. The minimum Gasteiger partial charge on any atom is -0.292 e. The standard InChI is InChI=1S/C10H18N2/c1-2-11-8-9-12-10-6-4-3-5-7-10/h8-10H,2-7H2,1H3. The van der Waals surface area contributed by atoms with Crippen molar-refractivity contribution in [2.24, 2.45) is 9.98 Å². The highest BCUT2D eigenvalue weighted by molar-refractivity contribution is 6.16. The predicted molar refractivity (Wildman–Crippen MR) is 54.4 cm³/mol. The normalized spacial score (nSPS) is 21.1. The largest absolute Gasteiger partial charge is 0.292 e. The van der Waals surface area contributed by atoms with Crippen LogP contribution in [0.15, 0.2) is 9.98 Å². The van der Waals surface area contributed by atoms with Gasteiger partial charge >= 0.3 is 0 Å². The molecule has 0 heterocycles. The van der Waals surface area contributed by atoms with E-state index in [2.05, 4.69) is 9.98 Å². The van der Waals surface area contributed by atoms with Crippen molar-refractivity contribution in [1.82, 2.24) is 0 Å². The molecule has 0 spiro atoms. The molecule has 0 aliphatic heterocycles. The van der Waals surface area contributed by atoms with Crippen molar-refractivity contribution in [3.63, 3.8) is 0 Å². The van der Waals surface area contributed by atoms with E-state index in [0.29, 0.717) is 6.04 Å². The lowest BCUT2D eigenvalue weighted by atomic mass is 9.96. The summed E-state index contributed by atoms with van der Waals surface area (Å²) in [6.07, 6.45) is 10.3. The van der Waals surface area contributed by atoms with Gasteiger partial charge in [-0.25, -0.2) is 0 Å². The number of hydrogen-bond acceptors (Lipinski definition) is 2. The predicted octanol–water partition coefficient (Wildman–Crippen LogP) is 2.48. The third-order valence-electron chi connectivity index (χ3n) is 2.23. The molecule has 68 valence electrons. The molecule has 1 aliphatic rings. The van der Waals surface area contributed by atoms with E-state index >= 15 is 0 Å². The minimum atomic E-state index is 0.585. The van der Waals surface area contributed by atoms with Crippen LogP contribution in [-0.4, -0.2) is 25.0 Å². The van der Waals surface area contributed by atoms with Gasteiger partial charge in [0, 0.05) is 25.0 Å². The Kier molecular flexibility index (Phi) is 4.65. The summed E-state index contributed by atoms with van der Waals surface area (Å²) in [6, 6.07) is 0.585. The summed E-state index contributed by atoms with van der Waals surface area (Å²) in [4.78, 5) is 8.53. The van der Waals surface area contributed by atoms with E-state index in [0.717, 1.165) is 6.54 Å². The number of rotatable bonds is 3. The first-order chi connectivity index (χ1) is 5.93. The molecule has 0 atom stereocenters. The zero-order valence-electron chi connectivity index (χ0n) is 7.87. The summed E-state index contributed by atoms with van der Waals surface area (Å²) in [5, 5.41) is 0. The Morgan fingerprint density at radius 1 is 1.17 bits per heavy atom. The van der Waals surface area contributed by atoms with E-state index in [9.17, 15) is 0 Å². The third-order valence-corrected chi connectivity index (χ3v) is 2.23. The highest BCUT2D eigenvalue weighted by Gasteiger charge is 2.09. The Morgan fingerprint density at radius 3 is 2.58 bits per heavy atom. The maximum Gasteiger partial charge on any atom is 0.0500 e. The summed E-state index contributed by atoms with van der Waals surface area (Å²) >= 11 is 0. The molecule has 0 unspecified atom stereocenters. The SMILES string of the molecule is CCN=CC=NC1CCCCC1. The van der Waals surface area contributed by atoms with E-state index in [-0.39, 0.29) is 0 Å². The van der Waals surface area contributed by atoms with Gasteiger partial charge in [0.05, 0.1) is 0 Å². The second-order valence-electron chi connectivity index (χ2n) is 3.24. The molecule has 1 rings (SSSR count). The van der Waals surface area contributed by atoms with Gasteiger partial charge in [0.2, 0.25) is 0 Å². The fourth-order valence-corrected chi connectivity index (χ4v) is 1.54. The van der Waals surface area contributed by atoms with Gasteiger partial charge < -0.3 is 0 Å². The molecule has 1 fully saturated rings. The summed E-state index contributed by atoms with van der Waals surface area (Å²) in [6.45, 7) is 2.89. The number of aliphatic imine (C=N–C) groups is 2. The molecule has 0 aromatic carbocycles. The van der Waals surface area contributed by atoms with E-state index in [4.69, 9.17) is 0 Å². The molecular weight excluding hydrogens is 148 g/mol. The zero-order chi connectivity index (χ0) is 8.65. The fraction of sp³-hybridized carbons (Fsp3) is 0.800. The molecule has 1 aliphatic carbocycles. The summed E-state index contributed by atoms with van der Waals surface area (Å²) in [5.41, 5.74) is 0. The molecule has 0 amide bonds. The van der Waals surface area contributed by atoms with Crippen LogP contribution in [0.5, 0.6) is 0 Å². The van der Waals surface area contributed by atoms with Crippen molar-refractivity contribution < 1.29 is 0 Å². The highest BCUT2D eigenvalue weighted by Crippen LogP contribution is 2.19. The zero-order valence-corrected chi connectivity index (χ0v) is 7.87. The van der Waals surface area contributed by atoms with Crippen LogP contribution in [0.25, 0.3) is 0 Å². The molecule has 0 aromatic rings. The molecule has 0 bridgehead atoms. The van der Waals surface area contributed by atoms with Crippen molar-refractivity contribution in [3.05, 3.63) is 0 Å². The molecule has 2 heteroatoms. The average Bonchev–Trinajstić information content (AvgIpc) is 2.14. The first-order valence-electron chi connectivity index (χ1n) is 4.95. The van der Waals surface area contributed by atoms with Crippen LogP contribution in [-0.2, 0) is 0 Å². The lowest BCUT2D eigenvalue weighted by molar-refractivity contribution is 0.444. The monoisotopic (exact) mass is 166 g/mol. The van der Waals surface area contributed by atoms with Crippen LogP contribution < -0.4 is 0 Å². The number of nitrogens with zero attached hydrogens (tertiary/aromatic N) is 2. The second-order valence-corrected chi connectivity index (χ2v) is 3.24. The van der Waals surface area contributed by atoms with Crippen molar-refractivity contribution in [3.8, 4) is 0 Å². The van der Waals surface area contributed by atoms with Crippen molar-refractivity contribution in [2.75, 3.05) is 6.54 Å². The van der Waals surface area contributed by atoms with E-state index < -0.39 is 0 Å². The van der Waals surface area contributed by atoms with Gasteiger partial charge in [-0.15, -0.1) is 0 Å². The van der Waals surface area contributed by atoms with E-state index in [1.807, 2.05) is 19.4 Å². The van der Waals surface area contributed by atoms with Crippen molar-refractivity contribution in [1.29, 1.82) is 0 Å². The molecule has 1 saturated carbocycles. The maximum atomic E-state index is 4.45. The van der Waals surface area contributed by atoms with Crippen molar-refractivity contribution in [2.45, 2.75) is 45.1 Å². The quantitative estimate of drug-likeness (QED) is 0.575. The van der Waals surface area contributed by atoms with Crippen molar-refractivity contribution >= 4 is 12.4 Å². The van der Waals surface area contributed by atoms with Crippen LogP contribution in [0.1, 0.15) is 39.0 Å². The molecule has 0 saturated heterocycles. The molecule has 0 N–H and O–H groups in total. The minimum absolute atomic E-state index is 0.585. The van der Waals surface area contributed by atoms with E-state index in [1.165, 1.54) is 32.1 Å². The molecule has 0 radical (unpaired) electrons. The number of hydrogen-bond donors (Lipinski definition) is 0. The van der Waals surface area contributed by atoms with Crippen LogP contribution in [0.3, 0.4) is 0 Å². The Morgan fingerprint density at radius 2 is 1.92 bits per heavy atom. The van der Waals surface area contributed by atoms with Gasteiger partial charge in [-0.2, -0.15) is 0 Å². The first kappa shape index (κ1) is 9.43. The van der Waals surface area contributed by atoms with E-state index in [1.54, 1.807) is 0 Å². The topological polar surface area (TPSA) is 24.7 Å². The highest BCUT2D eigenvalue weighted by atomic mass is 14.8. The Balaban J connectivity index is 2.19. The maximum absolute atomic E-state index is 4.45.